The van der Waals surface area contributed by atoms with Crippen LogP contribution in [0.5, 0.6) is 0 Å². The van der Waals surface area contributed by atoms with Crippen molar-refractivity contribution in [2.75, 3.05) is 36.9 Å². The van der Waals surface area contributed by atoms with Crippen molar-refractivity contribution < 1.29 is 9.53 Å². The Morgan fingerprint density at radius 3 is 2.77 bits per heavy atom. The number of carbonyl (C=O) groups excluding carboxylic acids is 1. The summed E-state index contributed by atoms with van der Waals surface area (Å²) in [6, 6.07) is 7.83. The number of hydrogen-bond acceptors (Lipinski definition) is 6. The van der Waals surface area contributed by atoms with E-state index in [4.69, 9.17) is 20.4 Å². The van der Waals surface area contributed by atoms with Crippen molar-refractivity contribution in [2.24, 2.45) is 0 Å². The predicted molar refractivity (Wildman–Crippen MR) is 99.7 cm³/mol. The molecule has 7 heteroatoms. The smallest absolute Gasteiger partial charge is 0.210 e. The maximum atomic E-state index is 11.2. The highest BCUT2D eigenvalue weighted by molar-refractivity contribution is 5.64. The molecule has 1 atom stereocenters. The lowest BCUT2D eigenvalue weighted by Gasteiger charge is -2.37. The molecule has 1 aromatic carbocycles. The molecule has 0 spiro atoms. The minimum atomic E-state index is 0.256. The van der Waals surface area contributed by atoms with E-state index in [1.165, 1.54) is 0 Å². The van der Waals surface area contributed by atoms with Crippen LogP contribution in [0.1, 0.15) is 18.2 Å². The van der Waals surface area contributed by atoms with Gasteiger partial charge in [-0.25, -0.2) is 9.97 Å². The predicted octanol–water partition coefficient (Wildman–Crippen LogP) is 1.47. The van der Waals surface area contributed by atoms with Crippen molar-refractivity contribution in [3.05, 3.63) is 35.5 Å². The minimum absolute atomic E-state index is 0.256. The van der Waals surface area contributed by atoms with Gasteiger partial charge in [0.05, 0.1) is 31.5 Å². The summed E-state index contributed by atoms with van der Waals surface area (Å²) in [5.74, 6) is 1.65. The van der Waals surface area contributed by atoms with Gasteiger partial charge >= 0.3 is 0 Å². The molecular weight excluding hydrogens is 330 g/mol. The van der Waals surface area contributed by atoms with Crippen LogP contribution in [0.4, 0.5) is 11.5 Å². The quantitative estimate of drug-likeness (QED) is 0.664. The van der Waals surface area contributed by atoms with E-state index in [1.54, 1.807) is 4.90 Å². The molecular formula is C19H23N5O2. The number of morpholine rings is 1. The fourth-order valence-corrected chi connectivity index (χ4v) is 3.56. The molecule has 1 amide bonds. The lowest BCUT2D eigenvalue weighted by atomic mass is 10.0. The summed E-state index contributed by atoms with van der Waals surface area (Å²) in [6.45, 7) is 5.57. The fourth-order valence-electron chi connectivity index (χ4n) is 3.56. The zero-order valence-corrected chi connectivity index (χ0v) is 14.9. The SMILES string of the molecule is C[C@H]1COCCN1c1nc(-c2ccc(N)cc2)nc2c1CCN(C=O)C2. The average molecular weight is 353 g/mol. The van der Waals surface area contributed by atoms with Gasteiger partial charge in [0.15, 0.2) is 5.82 Å². The molecule has 1 fully saturated rings. The zero-order chi connectivity index (χ0) is 18.1. The largest absolute Gasteiger partial charge is 0.399 e. The Hall–Kier alpha value is -2.67. The first kappa shape index (κ1) is 16.8. The van der Waals surface area contributed by atoms with Crippen molar-refractivity contribution in [2.45, 2.75) is 25.9 Å². The maximum absolute atomic E-state index is 11.2. The summed E-state index contributed by atoms with van der Waals surface area (Å²) >= 11 is 0. The van der Waals surface area contributed by atoms with E-state index in [9.17, 15) is 4.79 Å². The van der Waals surface area contributed by atoms with Crippen LogP contribution < -0.4 is 10.6 Å². The fraction of sp³-hybridized carbons (Fsp3) is 0.421. The van der Waals surface area contributed by atoms with Crippen molar-refractivity contribution in [3.63, 3.8) is 0 Å². The Morgan fingerprint density at radius 2 is 2.04 bits per heavy atom. The molecule has 0 radical (unpaired) electrons. The summed E-state index contributed by atoms with van der Waals surface area (Å²) in [5, 5.41) is 0. The molecule has 2 aliphatic heterocycles. The van der Waals surface area contributed by atoms with Crippen LogP contribution in [0.25, 0.3) is 11.4 Å². The topological polar surface area (TPSA) is 84.6 Å². The molecule has 0 saturated carbocycles. The van der Waals surface area contributed by atoms with Crippen LogP contribution in [-0.2, 0) is 22.5 Å². The van der Waals surface area contributed by atoms with E-state index >= 15 is 0 Å². The van der Waals surface area contributed by atoms with Gasteiger partial charge in [-0.2, -0.15) is 0 Å². The van der Waals surface area contributed by atoms with Gasteiger partial charge < -0.3 is 20.3 Å². The van der Waals surface area contributed by atoms with Crippen LogP contribution in [-0.4, -0.2) is 53.6 Å². The standard InChI is InChI=1S/C19H23N5O2/c1-13-11-26-9-8-24(13)19-16-6-7-23(12-25)10-17(16)21-18(22-19)14-2-4-15(20)5-3-14/h2-5,12-13H,6-11,20H2,1H3/t13-/m0/s1. The monoisotopic (exact) mass is 353 g/mol. The van der Waals surface area contributed by atoms with Gasteiger partial charge in [0, 0.05) is 29.9 Å². The van der Waals surface area contributed by atoms with Gasteiger partial charge in [-0.3, -0.25) is 4.79 Å². The summed E-state index contributed by atoms with van der Waals surface area (Å²) in [6.07, 6.45) is 1.67. The zero-order valence-electron chi connectivity index (χ0n) is 14.9. The Labute approximate surface area is 152 Å². The molecule has 26 heavy (non-hydrogen) atoms. The first-order chi connectivity index (χ1) is 12.7. The number of amides is 1. The Morgan fingerprint density at radius 1 is 1.23 bits per heavy atom. The van der Waals surface area contributed by atoms with E-state index in [0.717, 1.165) is 42.0 Å². The number of carbonyl (C=O) groups is 1. The van der Waals surface area contributed by atoms with Gasteiger partial charge in [0.25, 0.3) is 0 Å². The molecule has 2 N–H and O–H groups in total. The second-order valence-corrected chi connectivity index (χ2v) is 6.86. The third-order valence-electron chi connectivity index (χ3n) is 5.03. The normalized spacial score (nSPS) is 20.0. The van der Waals surface area contributed by atoms with Gasteiger partial charge in [0.1, 0.15) is 5.82 Å². The van der Waals surface area contributed by atoms with E-state index in [1.807, 2.05) is 24.3 Å². The summed E-state index contributed by atoms with van der Waals surface area (Å²) in [7, 11) is 0. The van der Waals surface area contributed by atoms with Gasteiger partial charge in [-0.15, -0.1) is 0 Å². The number of hydrogen-bond donors (Lipinski definition) is 1. The molecule has 0 bridgehead atoms. The molecule has 1 aromatic heterocycles. The first-order valence-corrected chi connectivity index (χ1v) is 8.95. The van der Waals surface area contributed by atoms with Crippen LogP contribution in [0.3, 0.4) is 0 Å². The summed E-state index contributed by atoms with van der Waals surface area (Å²) in [5.41, 5.74) is 9.52. The number of benzene rings is 1. The number of anilines is 2. The lowest BCUT2D eigenvalue weighted by Crippen LogP contribution is -2.45. The van der Waals surface area contributed by atoms with Gasteiger partial charge in [-0.1, -0.05) is 0 Å². The molecule has 1 saturated heterocycles. The number of nitrogen functional groups attached to an aromatic ring is 1. The third-order valence-corrected chi connectivity index (χ3v) is 5.03. The summed E-state index contributed by atoms with van der Waals surface area (Å²) in [4.78, 5) is 25.0. The number of nitrogens with zero attached hydrogens (tertiary/aromatic N) is 4. The molecule has 4 rings (SSSR count). The van der Waals surface area contributed by atoms with Gasteiger partial charge in [-0.05, 0) is 37.6 Å². The van der Waals surface area contributed by atoms with Crippen molar-refractivity contribution in [1.82, 2.24) is 14.9 Å². The maximum Gasteiger partial charge on any atom is 0.210 e. The number of fused-ring (bicyclic) bond motifs is 1. The Bertz CT molecular complexity index is 808. The van der Waals surface area contributed by atoms with Crippen LogP contribution >= 0.6 is 0 Å². The molecule has 2 aromatic rings. The first-order valence-electron chi connectivity index (χ1n) is 8.95. The van der Waals surface area contributed by atoms with E-state index in [2.05, 4.69) is 11.8 Å². The average Bonchev–Trinajstić information content (AvgIpc) is 2.67. The van der Waals surface area contributed by atoms with Crippen molar-refractivity contribution in [1.29, 1.82) is 0 Å². The number of ether oxygens (including phenoxy) is 1. The number of rotatable bonds is 3. The lowest BCUT2D eigenvalue weighted by molar-refractivity contribution is -0.119. The number of nitrogens with two attached hydrogens (primary N) is 1. The van der Waals surface area contributed by atoms with Gasteiger partial charge in [0.2, 0.25) is 6.41 Å². The number of aromatic nitrogens is 2. The van der Waals surface area contributed by atoms with Crippen LogP contribution in [0.2, 0.25) is 0 Å². The molecule has 136 valence electrons. The highest BCUT2D eigenvalue weighted by atomic mass is 16.5. The molecule has 7 nitrogen and oxygen atoms in total. The van der Waals surface area contributed by atoms with E-state index < -0.39 is 0 Å². The second kappa shape index (κ2) is 6.92. The highest BCUT2D eigenvalue weighted by Gasteiger charge is 2.28. The second-order valence-electron chi connectivity index (χ2n) is 6.86. The van der Waals surface area contributed by atoms with E-state index in [-0.39, 0.29) is 6.04 Å². The van der Waals surface area contributed by atoms with Crippen molar-refractivity contribution in [3.8, 4) is 11.4 Å². The minimum Gasteiger partial charge on any atom is -0.399 e. The molecule has 2 aliphatic rings. The highest BCUT2D eigenvalue weighted by Crippen LogP contribution is 2.31. The molecule has 0 aliphatic carbocycles. The van der Waals surface area contributed by atoms with Crippen LogP contribution in [0.15, 0.2) is 24.3 Å². The van der Waals surface area contributed by atoms with E-state index in [0.29, 0.717) is 37.8 Å². The Balaban J connectivity index is 1.82. The molecule has 3 heterocycles. The summed E-state index contributed by atoms with van der Waals surface area (Å²) < 4.78 is 5.59. The van der Waals surface area contributed by atoms with Crippen LogP contribution in [0, 0.1) is 0 Å². The molecule has 0 unspecified atom stereocenters. The third kappa shape index (κ3) is 3.10. The van der Waals surface area contributed by atoms with Crippen molar-refractivity contribution >= 4 is 17.9 Å². The Kier molecular flexibility index (Phi) is 4.46.